The van der Waals surface area contributed by atoms with E-state index >= 15 is 0 Å². The van der Waals surface area contributed by atoms with Crippen molar-refractivity contribution in [3.8, 4) is 5.75 Å². The minimum Gasteiger partial charge on any atom is -0.461 e. The summed E-state index contributed by atoms with van der Waals surface area (Å²) in [5, 5.41) is 12.5. The molecule has 7 nitrogen and oxygen atoms in total. The van der Waals surface area contributed by atoms with Gasteiger partial charge in [0.25, 0.3) is 5.91 Å². The van der Waals surface area contributed by atoms with Crippen LogP contribution in [-0.4, -0.2) is 31.7 Å². The molecule has 1 atom stereocenters. The van der Waals surface area contributed by atoms with Crippen molar-refractivity contribution in [2.45, 2.75) is 27.1 Å². The number of anilines is 1. The van der Waals surface area contributed by atoms with E-state index in [1.807, 2.05) is 32.9 Å². The molecule has 1 amide bonds. The third-order valence-electron chi connectivity index (χ3n) is 4.34. The summed E-state index contributed by atoms with van der Waals surface area (Å²) in [5.74, 6) is 0.170. The van der Waals surface area contributed by atoms with Gasteiger partial charge in [-0.3, -0.25) is 9.20 Å². The molecule has 3 heterocycles. The van der Waals surface area contributed by atoms with Gasteiger partial charge in [0.1, 0.15) is 12.1 Å². The number of nitrogens with one attached hydrogen (secondary N) is 1. The lowest BCUT2D eigenvalue weighted by Crippen LogP contribution is -2.18. The SMILES string of the molecule is CC1=CC(O)Oc2cc(NC(=O)c3ncn4c(C)cc(C)nc34)ccc21. The lowest BCUT2D eigenvalue weighted by Gasteiger charge is -2.21. The van der Waals surface area contributed by atoms with Crippen LogP contribution in [0.4, 0.5) is 5.69 Å². The summed E-state index contributed by atoms with van der Waals surface area (Å²) in [6.07, 6.45) is 2.24. The van der Waals surface area contributed by atoms with Crippen LogP contribution >= 0.6 is 0 Å². The molecule has 0 aliphatic carbocycles. The number of rotatable bonds is 2. The maximum Gasteiger partial charge on any atom is 0.278 e. The molecule has 4 rings (SSSR count). The molecular weight excluding hydrogens is 332 g/mol. The van der Waals surface area contributed by atoms with Crippen LogP contribution in [0.15, 0.2) is 36.7 Å². The summed E-state index contributed by atoms with van der Waals surface area (Å²) in [5.41, 5.74) is 4.91. The lowest BCUT2D eigenvalue weighted by atomic mass is 10.0. The normalized spacial score (nSPS) is 16.0. The number of imidazole rings is 1. The second kappa shape index (κ2) is 5.96. The number of benzene rings is 1. The van der Waals surface area contributed by atoms with E-state index in [4.69, 9.17) is 4.74 Å². The van der Waals surface area contributed by atoms with Crippen molar-refractivity contribution in [1.29, 1.82) is 0 Å². The van der Waals surface area contributed by atoms with Crippen molar-refractivity contribution in [1.82, 2.24) is 14.4 Å². The Morgan fingerprint density at radius 1 is 1.27 bits per heavy atom. The number of hydrogen-bond acceptors (Lipinski definition) is 5. The third kappa shape index (κ3) is 2.72. The molecule has 0 saturated carbocycles. The molecule has 0 spiro atoms. The first-order chi connectivity index (χ1) is 12.4. The zero-order valence-electron chi connectivity index (χ0n) is 14.6. The maximum absolute atomic E-state index is 12.7. The summed E-state index contributed by atoms with van der Waals surface area (Å²) in [6, 6.07) is 7.26. The molecular formula is C19H18N4O3. The fourth-order valence-electron chi connectivity index (χ4n) is 3.12. The summed E-state index contributed by atoms with van der Waals surface area (Å²) < 4.78 is 7.19. The van der Waals surface area contributed by atoms with Crippen LogP contribution in [0.3, 0.4) is 0 Å². The van der Waals surface area contributed by atoms with Crippen LogP contribution in [0.2, 0.25) is 0 Å². The number of aliphatic hydroxyl groups is 1. The predicted octanol–water partition coefficient (Wildman–Crippen LogP) is 2.71. The topological polar surface area (TPSA) is 88.8 Å². The molecule has 0 bridgehead atoms. The molecule has 1 aliphatic rings. The number of aromatic nitrogens is 3. The number of carbonyl (C=O) groups is 1. The Labute approximate surface area is 150 Å². The number of amides is 1. The fraction of sp³-hybridized carbons (Fsp3) is 0.211. The van der Waals surface area contributed by atoms with E-state index in [1.54, 1.807) is 28.9 Å². The van der Waals surface area contributed by atoms with Crippen LogP contribution in [0, 0.1) is 13.8 Å². The first-order valence-electron chi connectivity index (χ1n) is 8.22. The smallest absolute Gasteiger partial charge is 0.278 e. The van der Waals surface area contributed by atoms with Crippen LogP contribution < -0.4 is 10.1 Å². The molecule has 0 saturated heterocycles. The van der Waals surface area contributed by atoms with E-state index in [2.05, 4.69) is 15.3 Å². The van der Waals surface area contributed by atoms with E-state index < -0.39 is 6.29 Å². The van der Waals surface area contributed by atoms with Gasteiger partial charge in [0.15, 0.2) is 11.3 Å². The molecule has 0 fully saturated rings. The van der Waals surface area contributed by atoms with Crippen molar-refractivity contribution in [2.24, 2.45) is 0 Å². The second-order valence-corrected chi connectivity index (χ2v) is 6.35. The number of allylic oxidation sites excluding steroid dienone is 1. The molecule has 26 heavy (non-hydrogen) atoms. The number of hydrogen-bond donors (Lipinski definition) is 2. The number of ether oxygens (including phenoxy) is 1. The number of aryl methyl sites for hydroxylation is 2. The van der Waals surface area contributed by atoms with Gasteiger partial charge in [0, 0.05) is 28.7 Å². The van der Waals surface area contributed by atoms with Gasteiger partial charge in [-0.05, 0) is 50.6 Å². The van der Waals surface area contributed by atoms with Crippen molar-refractivity contribution in [2.75, 3.05) is 5.32 Å². The quantitative estimate of drug-likeness (QED) is 0.742. The monoisotopic (exact) mass is 350 g/mol. The van der Waals surface area contributed by atoms with Crippen LogP contribution in [0.25, 0.3) is 11.2 Å². The Balaban J connectivity index is 1.66. The molecule has 1 unspecified atom stereocenters. The number of fused-ring (bicyclic) bond motifs is 2. The number of carbonyl (C=O) groups excluding carboxylic acids is 1. The average molecular weight is 350 g/mol. The highest BCUT2D eigenvalue weighted by molar-refractivity contribution is 6.07. The Bertz CT molecular complexity index is 1070. The Morgan fingerprint density at radius 2 is 2.08 bits per heavy atom. The van der Waals surface area contributed by atoms with Crippen LogP contribution in [0.1, 0.15) is 34.4 Å². The summed E-state index contributed by atoms with van der Waals surface area (Å²) in [7, 11) is 0. The minimum absolute atomic E-state index is 0.256. The maximum atomic E-state index is 12.7. The molecule has 2 N–H and O–H groups in total. The lowest BCUT2D eigenvalue weighted by molar-refractivity contribution is 0.0225. The minimum atomic E-state index is -0.985. The standard InChI is InChI=1S/C19H18N4O3/c1-10-6-16(24)26-15-8-13(4-5-14(10)15)22-19(25)17-18-21-11(2)7-12(3)23(18)9-20-17/h4-9,16,24H,1-3H3,(H,22,25). The highest BCUT2D eigenvalue weighted by atomic mass is 16.6. The second-order valence-electron chi connectivity index (χ2n) is 6.35. The fourth-order valence-corrected chi connectivity index (χ4v) is 3.12. The average Bonchev–Trinajstić information content (AvgIpc) is 2.98. The Morgan fingerprint density at radius 3 is 2.88 bits per heavy atom. The van der Waals surface area contributed by atoms with E-state index in [1.165, 1.54) is 0 Å². The Kier molecular flexibility index (Phi) is 3.73. The van der Waals surface area contributed by atoms with Crippen molar-refractivity contribution < 1.29 is 14.6 Å². The molecule has 1 aliphatic heterocycles. The molecule has 1 aromatic carbocycles. The van der Waals surface area contributed by atoms with Crippen molar-refractivity contribution in [3.05, 3.63) is 59.3 Å². The molecule has 0 radical (unpaired) electrons. The van der Waals surface area contributed by atoms with Gasteiger partial charge in [0.05, 0.1) is 0 Å². The van der Waals surface area contributed by atoms with E-state index in [-0.39, 0.29) is 11.6 Å². The zero-order valence-corrected chi connectivity index (χ0v) is 14.6. The van der Waals surface area contributed by atoms with Gasteiger partial charge in [-0.25, -0.2) is 9.97 Å². The first kappa shape index (κ1) is 16.3. The molecule has 3 aromatic rings. The largest absolute Gasteiger partial charge is 0.461 e. The molecule has 2 aromatic heterocycles. The van der Waals surface area contributed by atoms with Gasteiger partial charge in [-0.1, -0.05) is 0 Å². The predicted molar refractivity (Wildman–Crippen MR) is 97.1 cm³/mol. The zero-order chi connectivity index (χ0) is 18.4. The van der Waals surface area contributed by atoms with Gasteiger partial charge in [-0.15, -0.1) is 0 Å². The highest BCUT2D eigenvalue weighted by Crippen LogP contribution is 2.33. The van der Waals surface area contributed by atoms with Gasteiger partial charge < -0.3 is 15.2 Å². The number of nitrogens with zero attached hydrogens (tertiary/aromatic N) is 3. The Hall–Kier alpha value is -3.19. The summed E-state index contributed by atoms with van der Waals surface area (Å²) in [4.78, 5) is 21.3. The van der Waals surface area contributed by atoms with E-state index in [9.17, 15) is 9.90 Å². The third-order valence-corrected chi connectivity index (χ3v) is 4.34. The molecule has 7 heteroatoms. The van der Waals surface area contributed by atoms with Crippen molar-refractivity contribution >= 4 is 22.8 Å². The highest BCUT2D eigenvalue weighted by Gasteiger charge is 2.19. The first-order valence-corrected chi connectivity index (χ1v) is 8.22. The van der Waals surface area contributed by atoms with Crippen molar-refractivity contribution in [3.63, 3.8) is 0 Å². The van der Waals surface area contributed by atoms with E-state index in [0.717, 1.165) is 22.5 Å². The summed E-state index contributed by atoms with van der Waals surface area (Å²) in [6.45, 7) is 5.72. The van der Waals surface area contributed by atoms with Gasteiger partial charge >= 0.3 is 0 Å². The van der Waals surface area contributed by atoms with Gasteiger partial charge in [-0.2, -0.15) is 0 Å². The van der Waals surface area contributed by atoms with Crippen LogP contribution in [0.5, 0.6) is 5.75 Å². The number of aliphatic hydroxyl groups excluding tert-OH is 1. The van der Waals surface area contributed by atoms with Crippen LogP contribution in [-0.2, 0) is 0 Å². The van der Waals surface area contributed by atoms with E-state index in [0.29, 0.717) is 17.1 Å². The van der Waals surface area contributed by atoms with Gasteiger partial charge in [0.2, 0.25) is 6.29 Å². The molecule has 132 valence electrons. The summed E-state index contributed by atoms with van der Waals surface area (Å²) >= 11 is 0.